The molecular weight excluding hydrogens is 328 g/mol. The minimum atomic E-state index is 0.453. The Balaban J connectivity index is 1.73. The van der Waals surface area contributed by atoms with E-state index in [1.54, 1.807) is 0 Å². The Kier molecular flexibility index (Phi) is 8.15. The maximum atomic E-state index is 6.00. The Morgan fingerprint density at radius 3 is 2.96 bits per heavy atom. The molecule has 0 atom stereocenters. The Morgan fingerprint density at radius 1 is 1.42 bits per heavy atom. The zero-order valence-corrected chi connectivity index (χ0v) is 15.0. The van der Waals surface area contributed by atoms with Crippen molar-refractivity contribution in [2.24, 2.45) is 10.7 Å². The fourth-order valence-electron chi connectivity index (χ4n) is 2.52. The Morgan fingerprint density at radius 2 is 2.21 bits per heavy atom. The van der Waals surface area contributed by atoms with Crippen molar-refractivity contribution in [1.82, 2.24) is 10.2 Å². The Hall–Kier alpha value is -1.50. The van der Waals surface area contributed by atoms with Gasteiger partial charge in [0.25, 0.3) is 0 Å². The molecule has 1 aliphatic heterocycles. The number of guanidine groups is 1. The number of nitrogens with one attached hydrogen (secondary N) is 1. The highest BCUT2D eigenvalue weighted by molar-refractivity contribution is 6.30. The molecule has 7 heteroatoms. The standard InChI is InChI=1S/C17H27ClN4O2/c1-2-24-16-12-15(18)5-4-14(16)13-21-17(19)20-6-3-7-22-8-10-23-11-9-22/h4-5,12H,2-3,6-11,13H2,1H3,(H3,19,20,21). The van der Waals surface area contributed by atoms with Gasteiger partial charge in [0.05, 0.1) is 26.4 Å². The molecule has 1 aromatic carbocycles. The number of benzene rings is 1. The molecule has 0 unspecified atom stereocenters. The summed E-state index contributed by atoms with van der Waals surface area (Å²) in [4.78, 5) is 6.78. The predicted molar refractivity (Wildman–Crippen MR) is 97.8 cm³/mol. The molecule has 1 aliphatic rings. The van der Waals surface area contributed by atoms with E-state index in [0.717, 1.165) is 57.1 Å². The van der Waals surface area contributed by atoms with Gasteiger partial charge >= 0.3 is 0 Å². The van der Waals surface area contributed by atoms with Gasteiger partial charge in [0.15, 0.2) is 5.96 Å². The second-order valence-electron chi connectivity index (χ2n) is 5.62. The maximum Gasteiger partial charge on any atom is 0.188 e. The molecule has 0 aliphatic carbocycles. The fourth-order valence-corrected chi connectivity index (χ4v) is 2.68. The Labute approximate surface area is 149 Å². The minimum Gasteiger partial charge on any atom is -0.493 e. The molecule has 0 saturated carbocycles. The van der Waals surface area contributed by atoms with Crippen molar-refractivity contribution in [2.75, 3.05) is 46.0 Å². The highest BCUT2D eigenvalue weighted by Crippen LogP contribution is 2.24. The van der Waals surface area contributed by atoms with Crippen molar-refractivity contribution >= 4 is 17.6 Å². The third-order valence-electron chi connectivity index (χ3n) is 3.81. The van der Waals surface area contributed by atoms with Crippen LogP contribution in [0.2, 0.25) is 5.02 Å². The summed E-state index contributed by atoms with van der Waals surface area (Å²) in [5, 5.41) is 3.81. The van der Waals surface area contributed by atoms with Gasteiger partial charge in [0, 0.05) is 30.2 Å². The summed E-state index contributed by atoms with van der Waals surface area (Å²) in [6.07, 6.45) is 1.03. The van der Waals surface area contributed by atoms with Crippen molar-refractivity contribution in [3.8, 4) is 5.75 Å². The average molecular weight is 355 g/mol. The number of hydrogen-bond acceptors (Lipinski definition) is 4. The first kappa shape index (κ1) is 18.8. The third kappa shape index (κ3) is 6.55. The van der Waals surface area contributed by atoms with E-state index >= 15 is 0 Å². The Bertz CT molecular complexity index is 533. The van der Waals surface area contributed by atoms with Crippen LogP contribution < -0.4 is 15.8 Å². The molecule has 0 amide bonds. The number of rotatable bonds is 8. The first-order chi connectivity index (χ1) is 11.7. The van der Waals surface area contributed by atoms with Crippen molar-refractivity contribution in [1.29, 1.82) is 0 Å². The molecule has 1 heterocycles. The lowest BCUT2D eigenvalue weighted by Gasteiger charge is -2.26. The zero-order chi connectivity index (χ0) is 17.2. The molecule has 134 valence electrons. The lowest BCUT2D eigenvalue weighted by Crippen LogP contribution is -2.39. The van der Waals surface area contributed by atoms with Crippen LogP contribution in [0.15, 0.2) is 23.2 Å². The zero-order valence-electron chi connectivity index (χ0n) is 14.3. The molecule has 0 spiro atoms. The maximum absolute atomic E-state index is 6.00. The highest BCUT2D eigenvalue weighted by Gasteiger charge is 2.09. The molecule has 3 N–H and O–H groups in total. The van der Waals surface area contributed by atoms with Crippen LogP contribution in [-0.4, -0.2) is 56.9 Å². The van der Waals surface area contributed by atoms with Gasteiger partial charge < -0.3 is 20.5 Å². The van der Waals surface area contributed by atoms with Crippen LogP contribution in [0.4, 0.5) is 0 Å². The SMILES string of the molecule is CCOc1cc(Cl)ccc1CN=C(N)NCCCN1CCOCC1. The summed E-state index contributed by atoms with van der Waals surface area (Å²) in [5.74, 6) is 1.21. The topological polar surface area (TPSA) is 72.1 Å². The summed E-state index contributed by atoms with van der Waals surface area (Å²) >= 11 is 6.00. The van der Waals surface area contributed by atoms with Gasteiger partial charge in [-0.1, -0.05) is 17.7 Å². The molecule has 2 rings (SSSR count). The van der Waals surface area contributed by atoms with Crippen LogP contribution in [0.1, 0.15) is 18.9 Å². The van der Waals surface area contributed by atoms with Gasteiger partial charge in [-0.25, -0.2) is 4.99 Å². The first-order valence-corrected chi connectivity index (χ1v) is 8.82. The highest BCUT2D eigenvalue weighted by atomic mass is 35.5. The summed E-state index contributed by atoms with van der Waals surface area (Å²) in [6, 6.07) is 5.56. The number of halogens is 1. The lowest BCUT2D eigenvalue weighted by molar-refractivity contribution is 0.0376. The summed E-state index contributed by atoms with van der Waals surface area (Å²) in [7, 11) is 0. The lowest BCUT2D eigenvalue weighted by atomic mass is 10.2. The second-order valence-corrected chi connectivity index (χ2v) is 6.06. The number of aliphatic imine (C=N–C) groups is 1. The smallest absolute Gasteiger partial charge is 0.188 e. The van der Waals surface area contributed by atoms with Crippen molar-refractivity contribution < 1.29 is 9.47 Å². The predicted octanol–water partition coefficient (Wildman–Crippen LogP) is 1.87. The van der Waals surface area contributed by atoms with E-state index in [-0.39, 0.29) is 0 Å². The molecule has 1 fully saturated rings. The van der Waals surface area contributed by atoms with Gasteiger partial charge in [0.2, 0.25) is 0 Å². The van der Waals surface area contributed by atoms with Gasteiger partial charge in [-0.05, 0) is 32.0 Å². The molecule has 24 heavy (non-hydrogen) atoms. The quantitative estimate of drug-likeness (QED) is 0.423. The van der Waals surface area contributed by atoms with Crippen LogP contribution in [0.25, 0.3) is 0 Å². The fraction of sp³-hybridized carbons (Fsp3) is 0.588. The van der Waals surface area contributed by atoms with E-state index in [1.165, 1.54) is 0 Å². The van der Waals surface area contributed by atoms with E-state index in [9.17, 15) is 0 Å². The van der Waals surface area contributed by atoms with Crippen LogP contribution in [0.3, 0.4) is 0 Å². The molecule has 0 aromatic heterocycles. The van der Waals surface area contributed by atoms with Gasteiger partial charge in [-0.3, -0.25) is 4.90 Å². The number of nitrogens with zero attached hydrogens (tertiary/aromatic N) is 2. The molecular formula is C17H27ClN4O2. The molecule has 0 radical (unpaired) electrons. The van der Waals surface area contributed by atoms with Crippen LogP contribution in [-0.2, 0) is 11.3 Å². The first-order valence-electron chi connectivity index (χ1n) is 8.44. The minimum absolute atomic E-state index is 0.453. The molecule has 6 nitrogen and oxygen atoms in total. The average Bonchev–Trinajstić information content (AvgIpc) is 2.59. The second kappa shape index (κ2) is 10.4. The number of nitrogens with two attached hydrogens (primary N) is 1. The van der Waals surface area contributed by atoms with Crippen LogP contribution in [0, 0.1) is 0 Å². The largest absolute Gasteiger partial charge is 0.493 e. The van der Waals surface area contributed by atoms with Crippen LogP contribution in [0.5, 0.6) is 5.75 Å². The van der Waals surface area contributed by atoms with E-state index < -0.39 is 0 Å². The van der Waals surface area contributed by atoms with Crippen molar-refractivity contribution in [3.63, 3.8) is 0 Å². The van der Waals surface area contributed by atoms with Crippen LogP contribution >= 0.6 is 11.6 Å². The molecule has 1 aromatic rings. The normalized spacial score (nSPS) is 16.2. The van der Waals surface area contributed by atoms with E-state index in [0.29, 0.717) is 24.1 Å². The summed E-state index contributed by atoms with van der Waals surface area (Å²) in [5.41, 5.74) is 6.90. The van der Waals surface area contributed by atoms with Gasteiger partial charge in [-0.15, -0.1) is 0 Å². The summed E-state index contributed by atoms with van der Waals surface area (Å²) < 4.78 is 10.9. The number of hydrogen-bond donors (Lipinski definition) is 2. The molecule has 1 saturated heterocycles. The molecule has 0 bridgehead atoms. The van der Waals surface area contributed by atoms with Gasteiger partial charge in [0.1, 0.15) is 5.75 Å². The van der Waals surface area contributed by atoms with E-state index in [4.69, 9.17) is 26.8 Å². The van der Waals surface area contributed by atoms with E-state index in [2.05, 4.69) is 15.2 Å². The number of morpholine rings is 1. The third-order valence-corrected chi connectivity index (χ3v) is 4.04. The monoisotopic (exact) mass is 354 g/mol. The van der Waals surface area contributed by atoms with Crippen molar-refractivity contribution in [2.45, 2.75) is 19.9 Å². The van der Waals surface area contributed by atoms with Gasteiger partial charge in [-0.2, -0.15) is 0 Å². The number of ether oxygens (including phenoxy) is 2. The van der Waals surface area contributed by atoms with Crippen molar-refractivity contribution in [3.05, 3.63) is 28.8 Å². The summed E-state index contributed by atoms with van der Waals surface area (Å²) in [6.45, 7) is 8.56. The van der Waals surface area contributed by atoms with E-state index in [1.807, 2.05) is 25.1 Å².